The predicted molar refractivity (Wildman–Crippen MR) is 84.9 cm³/mol. The molecule has 0 saturated heterocycles. The van der Waals surface area contributed by atoms with E-state index in [1.54, 1.807) is 22.7 Å². The van der Waals surface area contributed by atoms with E-state index in [9.17, 15) is 0 Å². The van der Waals surface area contributed by atoms with Crippen molar-refractivity contribution in [3.8, 4) is 11.8 Å². The van der Waals surface area contributed by atoms with Crippen molar-refractivity contribution in [2.75, 3.05) is 13.7 Å². The third kappa shape index (κ3) is 4.73. The zero-order chi connectivity index (χ0) is 14.4. The molecule has 2 heterocycles. The minimum atomic E-state index is 0.125. The summed E-state index contributed by atoms with van der Waals surface area (Å²) in [7, 11) is 2.10. The standard InChI is InChI=1S/C15H18N2OS2/c1-12-16-14(11-19-12)8-17(2)9-15-7-13(10-20-15)5-3-4-6-18/h7,10-11,18H,4,6,8-9H2,1-2H3. The molecule has 0 saturated carbocycles. The van der Waals surface area contributed by atoms with Gasteiger partial charge in [-0.05, 0) is 20.0 Å². The van der Waals surface area contributed by atoms with E-state index >= 15 is 0 Å². The zero-order valence-electron chi connectivity index (χ0n) is 11.7. The van der Waals surface area contributed by atoms with E-state index < -0.39 is 0 Å². The lowest BCUT2D eigenvalue weighted by Crippen LogP contribution is -2.16. The number of aromatic nitrogens is 1. The third-order valence-corrected chi connectivity index (χ3v) is 4.39. The first-order valence-corrected chi connectivity index (χ1v) is 8.20. The smallest absolute Gasteiger partial charge is 0.0897 e. The van der Waals surface area contributed by atoms with Gasteiger partial charge in [-0.1, -0.05) is 11.8 Å². The maximum absolute atomic E-state index is 8.70. The normalized spacial score (nSPS) is 10.6. The Morgan fingerprint density at radius 2 is 2.15 bits per heavy atom. The van der Waals surface area contributed by atoms with Crippen molar-refractivity contribution < 1.29 is 5.11 Å². The fourth-order valence-electron chi connectivity index (χ4n) is 1.83. The number of hydrogen-bond acceptors (Lipinski definition) is 5. The Morgan fingerprint density at radius 1 is 1.30 bits per heavy atom. The van der Waals surface area contributed by atoms with E-state index in [-0.39, 0.29) is 6.61 Å². The zero-order valence-corrected chi connectivity index (χ0v) is 13.4. The van der Waals surface area contributed by atoms with Crippen molar-refractivity contribution in [1.82, 2.24) is 9.88 Å². The van der Waals surface area contributed by atoms with Gasteiger partial charge in [0, 0.05) is 40.7 Å². The molecule has 106 valence electrons. The first kappa shape index (κ1) is 15.2. The van der Waals surface area contributed by atoms with Gasteiger partial charge in [-0.15, -0.1) is 22.7 Å². The molecule has 2 rings (SSSR count). The van der Waals surface area contributed by atoms with Crippen molar-refractivity contribution in [2.24, 2.45) is 0 Å². The summed E-state index contributed by atoms with van der Waals surface area (Å²) in [6.07, 6.45) is 0.536. The van der Waals surface area contributed by atoms with Gasteiger partial charge in [0.05, 0.1) is 17.3 Å². The molecule has 0 fully saturated rings. The molecule has 3 nitrogen and oxygen atoms in total. The summed E-state index contributed by atoms with van der Waals surface area (Å²) >= 11 is 3.42. The second-order valence-electron chi connectivity index (χ2n) is 4.61. The number of nitrogens with zero attached hydrogens (tertiary/aromatic N) is 2. The summed E-state index contributed by atoms with van der Waals surface area (Å²) in [4.78, 5) is 8.04. The van der Waals surface area contributed by atoms with Gasteiger partial charge in [0.2, 0.25) is 0 Å². The average Bonchev–Trinajstić information content (AvgIpc) is 2.99. The quantitative estimate of drug-likeness (QED) is 0.863. The molecule has 0 aliphatic rings. The summed E-state index contributed by atoms with van der Waals surface area (Å²) in [6, 6.07) is 2.12. The minimum absolute atomic E-state index is 0.125. The lowest BCUT2D eigenvalue weighted by atomic mass is 10.3. The Bertz CT molecular complexity index is 607. The van der Waals surface area contributed by atoms with E-state index in [0.29, 0.717) is 6.42 Å². The largest absolute Gasteiger partial charge is 0.395 e. The van der Waals surface area contributed by atoms with Gasteiger partial charge >= 0.3 is 0 Å². The summed E-state index contributed by atoms with van der Waals surface area (Å²) in [5.41, 5.74) is 2.17. The maximum Gasteiger partial charge on any atom is 0.0897 e. The SMILES string of the molecule is Cc1nc(CN(C)Cc2cc(C#CCCO)cs2)cs1. The summed E-state index contributed by atoms with van der Waals surface area (Å²) in [5, 5.41) is 14.0. The van der Waals surface area contributed by atoms with Crippen LogP contribution in [0.1, 0.15) is 27.6 Å². The van der Waals surface area contributed by atoms with Crippen LogP contribution in [-0.4, -0.2) is 28.6 Å². The van der Waals surface area contributed by atoms with Crippen molar-refractivity contribution in [1.29, 1.82) is 0 Å². The predicted octanol–water partition coefficient (Wildman–Crippen LogP) is 2.88. The van der Waals surface area contributed by atoms with Crippen LogP contribution in [0.2, 0.25) is 0 Å². The highest BCUT2D eigenvalue weighted by atomic mass is 32.1. The highest BCUT2D eigenvalue weighted by molar-refractivity contribution is 7.10. The second kappa shape index (κ2) is 7.55. The molecule has 0 aromatic carbocycles. The molecule has 0 spiro atoms. The Hall–Kier alpha value is -1.19. The Morgan fingerprint density at radius 3 is 2.85 bits per heavy atom. The molecule has 0 atom stereocenters. The fraction of sp³-hybridized carbons (Fsp3) is 0.400. The van der Waals surface area contributed by atoms with E-state index in [4.69, 9.17) is 5.11 Å². The second-order valence-corrected chi connectivity index (χ2v) is 6.67. The average molecular weight is 306 g/mol. The molecule has 0 amide bonds. The molecule has 0 radical (unpaired) electrons. The summed E-state index contributed by atoms with van der Waals surface area (Å²) < 4.78 is 0. The van der Waals surface area contributed by atoms with Crippen molar-refractivity contribution in [2.45, 2.75) is 26.4 Å². The summed E-state index contributed by atoms with van der Waals surface area (Å²) in [6.45, 7) is 3.93. The molecular weight excluding hydrogens is 288 g/mol. The number of thiophene rings is 1. The van der Waals surface area contributed by atoms with Crippen LogP contribution in [0.4, 0.5) is 0 Å². The molecule has 0 bridgehead atoms. The first-order valence-electron chi connectivity index (χ1n) is 6.44. The van der Waals surface area contributed by atoms with E-state index in [1.165, 1.54) is 4.88 Å². The molecule has 1 N–H and O–H groups in total. The van der Waals surface area contributed by atoms with E-state index in [1.807, 2.05) is 6.92 Å². The third-order valence-electron chi connectivity index (χ3n) is 2.65. The number of thiazole rings is 1. The number of hydrogen-bond donors (Lipinski definition) is 1. The van der Waals surface area contributed by atoms with Crippen LogP contribution >= 0.6 is 22.7 Å². The Kier molecular flexibility index (Phi) is 5.74. The molecule has 0 aliphatic carbocycles. The fourth-order valence-corrected chi connectivity index (χ4v) is 3.33. The van der Waals surface area contributed by atoms with Gasteiger partial charge in [-0.2, -0.15) is 0 Å². The number of aliphatic hydroxyl groups is 1. The molecule has 20 heavy (non-hydrogen) atoms. The first-order chi connectivity index (χ1) is 9.67. The molecule has 0 unspecified atom stereocenters. The molecular formula is C15H18N2OS2. The van der Waals surface area contributed by atoms with Crippen LogP contribution in [0, 0.1) is 18.8 Å². The van der Waals surface area contributed by atoms with Gasteiger partial charge in [0.1, 0.15) is 0 Å². The Balaban J connectivity index is 1.88. The highest BCUT2D eigenvalue weighted by Gasteiger charge is 2.06. The molecule has 0 aliphatic heterocycles. The molecule has 5 heteroatoms. The number of rotatable bonds is 5. The monoisotopic (exact) mass is 306 g/mol. The van der Waals surface area contributed by atoms with Crippen molar-refractivity contribution in [3.05, 3.63) is 38.0 Å². The van der Waals surface area contributed by atoms with Gasteiger partial charge < -0.3 is 5.11 Å². The van der Waals surface area contributed by atoms with Gasteiger partial charge in [-0.3, -0.25) is 4.90 Å². The maximum atomic E-state index is 8.70. The Labute approximate surface area is 127 Å². The topological polar surface area (TPSA) is 36.4 Å². The lowest BCUT2D eigenvalue weighted by molar-refractivity contribution is 0.305. The molecule has 2 aromatic heterocycles. The van der Waals surface area contributed by atoms with E-state index in [0.717, 1.165) is 29.4 Å². The van der Waals surface area contributed by atoms with Crippen LogP contribution in [0.5, 0.6) is 0 Å². The van der Waals surface area contributed by atoms with Crippen LogP contribution in [0.25, 0.3) is 0 Å². The van der Waals surface area contributed by atoms with Crippen LogP contribution in [-0.2, 0) is 13.1 Å². The van der Waals surface area contributed by atoms with Crippen LogP contribution in [0.3, 0.4) is 0 Å². The van der Waals surface area contributed by atoms with Crippen LogP contribution in [0.15, 0.2) is 16.8 Å². The van der Waals surface area contributed by atoms with Gasteiger partial charge in [0.25, 0.3) is 0 Å². The number of aliphatic hydroxyl groups excluding tert-OH is 1. The van der Waals surface area contributed by atoms with Gasteiger partial charge in [-0.25, -0.2) is 4.98 Å². The van der Waals surface area contributed by atoms with E-state index in [2.05, 4.69) is 45.6 Å². The molecule has 2 aromatic rings. The van der Waals surface area contributed by atoms with Gasteiger partial charge in [0.15, 0.2) is 0 Å². The number of aryl methyl sites for hydroxylation is 1. The minimum Gasteiger partial charge on any atom is -0.395 e. The lowest BCUT2D eigenvalue weighted by Gasteiger charge is -2.13. The van der Waals surface area contributed by atoms with Crippen molar-refractivity contribution in [3.63, 3.8) is 0 Å². The van der Waals surface area contributed by atoms with Crippen LogP contribution < -0.4 is 0 Å². The van der Waals surface area contributed by atoms with Crippen molar-refractivity contribution >= 4 is 22.7 Å². The summed E-state index contributed by atoms with van der Waals surface area (Å²) in [5.74, 6) is 6.01. The highest BCUT2D eigenvalue weighted by Crippen LogP contribution is 2.17.